The highest BCUT2D eigenvalue weighted by molar-refractivity contribution is 5.47. The molecule has 0 aliphatic heterocycles. The van der Waals surface area contributed by atoms with Crippen LogP contribution in [0, 0.1) is 5.92 Å². The van der Waals surface area contributed by atoms with E-state index in [9.17, 15) is 0 Å². The third-order valence-electron chi connectivity index (χ3n) is 3.48. The summed E-state index contributed by atoms with van der Waals surface area (Å²) in [6.07, 6.45) is 2.51. The average Bonchev–Trinajstić information content (AvgIpc) is 2.36. The molecular weight excluding hydrogens is 220 g/mol. The lowest BCUT2D eigenvalue weighted by Gasteiger charge is -2.26. The van der Waals surface area contributed by atoms with Crippen molar-refractivity contribution in [2.75, 3.05) is 25.5 Å². The van der Waals surface area contributed by atoms with Crippen molar-refractivity contribution in [1.82, 2.24) is 5.32 Å². The zero-order chi connectivity index (χ0) is 13.5. The Hall–Kier alpha value is -1.02. The number of rotatable bonds is 7. The zero-order valence-corrected chi connectivity index (χ0v) is 12.5. The van der Waals surface area contributed by atoms with E-state index in [4.69, 9.17) is 0 Å². The van der Waals surface area contributed by atoms with E-state index in [2.05, 4.69) is 69.3 Å². The summed E-state index contributed by atoms with van der Waals surface area (Å²) in [5.41, 5.74) is 2.68. The van der Waals surface area contributed by atoms with Crippen LogP contribution in [0.15, 0.2) is 24.3 Å². The van der Waals surface area contributed by atoms with E-state index >= 15 is 0 Å². The third kappa shape index (κ3) is 4.02. The molecule has 1 rings (SSSR count). The third-order valence-corrected chi connectivity index (χ3v) is 3.48. The molecule has 1 N–H and O–H groups in total. The zero-order valence-electron chi connectivity index (χ0n) is 12.5. The lowest BCUT2D eigenvalue weighted by atomic mass is 9.90. The predicted molar refractivity (Wildman–Crippen MR) is 81.3 cm³/mol. The van der Waals surface area contributed by atoms with Crippen molar-refractivity contribution < 1.29 is 0 Å². The lowest BCUT2D eigenvalue weighted by molar-refractivity contribution is 0.369. The fourth-order valence-electron chi connectivity index (χ4n) is 2.49. The smallest absolute Gasteiger partial charge is 0.0364 e. The van der Waals surface area contributed by atoms with Crippen molar-refractivity contribution in [3.8, 4) is 0 Å². The molecule has 1 aromatic carbocycles. The second-order valence-corrected chi connectivity index (χ2v) is 5.29. The van der Waals surface area contributed by atoms with Crippen LogP contribution in [0.1, 0.15) is 45.2 Å². The van der Waals surface area contributed by atoms with Gasteiger partial charge in [0.1, 0.15) is 0 Å². The molecule has 0 aliphatic carbocycles. The Bertz CT molecular complexity index is 347. The first-order valence-corrected chi connectivity index (χ1v) is 7.10. The number of anilines is 1. The summed E-state index contributed by atoms with van der Waals surface area (Å²) in [5.74, 6) is 0.673. The van der Waals surface area contributed by atoms with Crippen molar-refractivity contribution >= 4 is 5.69 Å². The molecule has 0 saturated heterocycles. The van der Waals surface area contributed by atoms with Crippen LogP contribution in [0.2, 0.25) is 0 Å². The molecule has 0 amide bonds. The van der Waals surface area contributed by atoms with Gasteiger partial charge in [0.25, 0.3) is 0 Å². The van der Waals surface area contributed by atoms with Crippen LogP contribution in [-0.2, 0) is 0 Å². The minimum absolute atomic E-state index is 0.467. The number of nitrogens with one attached hydrogen (secondary N) is 1. The minimum Gasteiger partial charge on any atom is -0.378 e. The van der Waals surface area contributed by atoms with Crippen LogP contribution in [0.3, 0.4) is 0 Å². The second-order valence-electron chi connectivity index (χ2n) is 5.29. The monoisotopic (exact) mass is 248 g/mol. The molecule has 0 saturated carbocycles. The molecule has 2 nitrogen and oxygen atoms in total. The maximum absolute atomic E-state index is 3.63. The molecule has 0 fully saturated rings. The van der Waals surface area contributed by atoms with Crippen molar-refractivity contribution in [3.05, 3.63) is 29.8 Å². The van der Waals surface area contributed by atoms with Gasteiger partial charge in [-0.1, -0.05) is 39.3 Å². The maximum atomic E-state index is 3.63. The Morgan fingerprint density at radius 2 is 1.94 bits per heavy atom. The van der Waals surface area contributed by atoms with Crippen molar-refractivity contribution in [3.63, 3.8) is 0 Å². The molecule has 0 spiro atoms. The van der Waals surface area contributed by atoms with Gasteiger partial charge in [0.05, 0.1) is 0 Å². The van der Waals surface area contributed by atoms with Crippen LogP contribution >= 0.6 is 0 Å². The van der Waals surface area contributed by atoms with Crippen LogP contribution < -0.4 is 10.2 Å². The maximum Gasteiger partial charge on any atom is 0.0364 e. The fraction of sp³-hybridized carbons (Fsp3) is 0.625. The van der Waals surface area contributed by atoms with Gasteiger partial charge in [-0.15, -0.1) is 0 Å². The normalized spacial score (nSPS) is 14.3. The van der Waals surface area contributed by atoms with Gasteiger partial charge in [0.15, 0.2) is 0 Å². The first-order valence-electron chi connectivity index (χ1n) is 7.10. The Kier molecular flexibility index (Phi) is 6.20. The molecule has 2 atom stereocenters. The summed E-state index contributed by atoms with van der Waals surface area (Å²) in [6.45, 7) is 7.81. The molecule has 0 radical (unpaired) electrons. The van der Waals surface area contributed by atoms with Gasteiger partial charge in [-0.3, -0.25) is 0 Å². The Morgan fingerprint density at radius 1 is 1.22 bits per heavy atom. The average molecular weight is 248 g/mol. The molecule has 1 aromatic rings. The summed E-state index contributed by atoms with van der Waals surface area (Å²) in [6, 6.07) is 9.34. The van der Waals surface area contributed by atoms with E-state index < -0.39 is 0 Å². The summed E-state index contributed by atoms with van der Waals surface area (Å²) in [7, 11) is 4.19. The predicted octanol–water partition coefficient (Wildman–Crippen LogP) is 3.84. The minimum atomic E-state index is 0.467. The highest BCUT2D eigenvalue weighted by Gasteiger charge is 2.17. The van der Waals surface area contributed by atoms with Gasteiger partial charge in [-0.25, -0.2) is 0 Å². The topological polar surface area (TPSA) is 15.3 Å². The summed E-state index contributed by atoms with van der Waals surface area (Å²) in [4.78, 5) is 2.16. The van der Waals surface area contributed by atoms with Crippen LogP contribution in [0.4, 0.5) is 5.69 Å². The summed E-state index contributed by atoms with van der Waals surface area (Å²) >= 11 is 0. The number of benzene rings is 1. The molecule has 18 heavy (non-hydrogen) atoms. The summed E-state index contributed by atoms with van der Waals surface area (Å²) < 4.78 is 0. The Morgan fingerprint density at radius 3 is 2.50 bits per heavy atom. The molecule has 2 unspecified atom stereocenters. The van der Waals surface area contributed by atoms with E-state index in [1.54, 1.807) is 0 Å². The van der Waals surface area contributed by atoms with Crippen LogP contribution in [0.5, 0.6) is 0 Å². The highest BCUT2D eigenvalue weighted by atomic mass is 15.1. The second kappa shape index (κ2) is 7.42. The van der Waals surface area contributed by atoms with Crippen molar-refractivity contribution in [2.45, 2.75) is 39.7 Å². The van der Waals surface area contributed by atoms with Crippen LogP contribution in [-0.4, -0.2) is 20.6 Å². The standard InChI is InChI=1S/C16H28N2/c1-6-9-13(3)16(17-7-2)14-10-8-11-15(12-14)18(4)5/h8,10-13,16-17H,6-7,9H2,1-5H3. The molecule has 0 heterocycles. The van der Waals surface area contributed by atoms with Gasteiger partial charge in [-0.2, -0.15) is 0 Å². The van der Waals surface area contributed by atoms with Gasteiger partial charge >= 0.3 is 0 Å². The van der Waals surface area contributed by atoms with Crippen molar-refractivity contribution in [1.29, 1.82) is 0 Å². The van der Waals surface area contributed by atoms with Gasteiger partial charge in [0, 0.05) is 25.8 Å². The fourth-order valence-corrected chi connectivity index (χ4v) is 2.49. The first-order chi connectivity index (χ1) is 8.60. The van der Waals surface area contributed by atoms with Crippen molar-refractivity contribution in [2.24, 2.45) is 5.92 Å². The molecule has 102 valence electrons. The van der Waals surface area contributed by atoms with E-state index in [0.717, 1.165) is 6.54 Å². The largest absolute Gasteiger partial charge is 0.378 e. The van der Waals surface area contributed by atoms with Crippen LogP contribution in [0.25, 0.3) is 0 Å². The molecule has 2 heteroatoms. The number of hydrogen-bond acceptors (Lipinski definition) is 2. The quantitative estimate of drug-likeness (QED) is 0.788. The Balaban J connectivity index is 2.93. The van der Waals surface area contributed by atoms with E-state index in [-0.39, 0.29) is 0 Å². The first kappa shape index (κ1) is 15.0. The van der Waals surface area contributed by atoms with Gasteiger partial charge < -0.3 is 10.2 Å². The SMILES string of the molecule is CCCC(C)C(NCC)c1cccc(N(C)C)c1. The molecule has 0 aromatic heterocycles. The summed E-state index contributed by atoms with van der Waals surface area (Å²) in [5, 5.41) is 3.63. The van der Waals surface area contributed by atoms with E-state index in [0.29, 0.717) is 12.0 Å². The van der Waals surface area contributed by atoms with E-state index in [1.165, 1.54) is 24.1 Å². The van der Waals surface area contributed by atoms with E-state index in [1.807, 2.05) is 0 Å². The lowest BCUT2D eigenvalue weighted by Crippen LogP contribution is -2.27. The highest BCUT2D eigenvalue weighted by Crippen LogP contribution is 2.27. The molecular formula is C16H28N2. The number of hydrogen-bond donors (Lipinski definition) is 1. The Labute approximate surface area is 112 Å². The molecule has 0 bridgehead atoms. The molecule has 0 aliphatic rings. The number of nitrogens with zero attached hydrogens (tertiary/aromatic N) is 1. The van der Waals surface area contributed by atoms with Gasteiger partial charge in [0.2, 0.25) is 0 Å². The van der Waals surface area contributed by atoms with Gasteiger partial charge in [-0.05, 0) is 36.6 Å².